The maximum absolute atomic E-state index is 10.4. The Labute approximate surface area is 111 Å². The van der Waals surface area contributed by atoms with Crippen LogP contribution < -0.4 is 5.32 Å². The minimum atomic E-state index is -0.764. The molecule has 4 heteroatoms. The highest BCUT2D eigenvalue weighted by atomic mass is 16.5. The highest BCUT2D eigenvalue weighted by Crippen LogP contribution is 2.15. The lowest BCUT2D eigenvalue weighted by molar-refractivity contribution is -0.137. The molecule has 0 aromatic carbocycles. The zero-order chi connectivity index (χ0) is 14.4. The fraction of sp³-hybridized carbons (Fsp3) is 0.929. The van der Waals surface area contributed by atoms with Crippen LogP contribution in [0.2, 0.25) is 0 Å². The summed E-state index contributed by atoms with van der Waals surface area (Å²) < 4.78 is 5.64. The Morgan fingerprint density at radius 1 is 1.28 bits per heavy atom. The van der Waals surface area contributed by atoms with Crippen LogP contribution in [0.1, 0.15) is 60.8 Å². The third-order valence-corrected chi connectivity index (χ3v) is 2.61. The van der Waals surface area contributed by atoms with Gasteiger partial charge in [0.15, 0.2) is 0 Å². The number of carbonyl (C=O) groups is 1. The van der Waals surface area contributed by atoms with Crippen LogP contribution >= 0.6 is 0 Å². The fourth-order valence-corrected chi connectivity index (χ4v) is 2.00. The first-order valence-electron chi connectivity index (χ1n) is 6.64. The smallest absolute Gasteiger partial charge is 0.303 e. The number of hydrogen-bond acceptors (Lipinski definition) is 3. The summed E-state index contributed by atoms with van der Waals surface area (Å²) in [6.45, 7) is 13.3. The van der Waals surface area contributed by atoms with Gasteiger partial charge in [0.1, 0.15) is 0 Å². The van der Waals surface area contributed by atoms with Gasteiger partial charge in [-0.05, 0) is 54.4 Å². The number of nitrogens with one attached hydrogen (secondary N) is 1. The summed E-state index contributed by atoms with van der Waals surface area (Å²) in [5, 5.41) is 12.1. The van der Waals surface area contributed by atoms with Crippen molar-refractivity contribution < 1.29 is 14.6 Å². The first-order chi connectivity index (χ1) is 8.02. The lowest BCUT2D eigenvalue weighted by Gasteiger charge is -2.35. The number of rotatable bonds is 8. The summed E-state index contributed by atoms with van der Waals surface area (Å²) in [5.74, 6) is -0.764. The third kappa shape index (κ3) is 10.5. The first kappa shape index (κ1) is 17.4. The van der Waals surface area contributed by atoms with E-state index in [0.717, 1.165) is 6.42 Å². The Morgan fingerprint density at radius 2 is 1.83 bits per heavy atom. The lowest BCUT2D eigenvalue weighted by atomic mass is 9.96. The molecule has 0 saturated carbocycles. The SMILES string of the molecule is CC(CCC(=O)O)OCCC(C)(C)NC(C)(C)C. The minimum absolute atomic E-state index is 0.00605. The fourth-order valence-electron chi connectivity index (χ4n) is 2.00. The highest BCUT2D eigenvalue weighted by molar-refractivity contribution is 5.66. The monoisotopic (exact) mass is 259 g/mol. The van der Waals surface area contributed by atoms with Crippen LogP contribution in [-0.4, -0.2) is 34.9 Å². The van der Waals surface area contributed by atoms with Crippen LogP contribution in [0.4, 0.5) is 0 Å². The largest absolute Gasteiger partial charge is 0.481 e. The van der Waals surface area contributed by atoms with Crippen molar-refractivity contribution in [1.29, 1.82) is 0 Å². The maximum Gasteiger partial charge on any atom is 0.303 e. The summed E-state index contributed by atoms with van der Waals surface area (Å²) in [6, 6.07) is 0. The molecule has 108 valence electrons. The van der Waals surface area contributed by atoms with Crippen molar-refractivity contribution in [3.8, 4) is 0 Å². The normalized spacial score (nSPS) is 14.6. The molecule has 0 amide bonds. The van der Waals surface area contributed by atoms with Gasteiger partial charge in [-0.3, -0.25) is 4.79 Å². The molecule has 1 atom stereocenters. The van der Waals surface area contributed by atoms with E-state index in [1.54, 1.807) is 0 Å². The number of carboxylic acid groups (broad SMARTS) is 1. The van der Waals surface area contributed by atoms with Gasteiger partial charge in [0, 0.05) is 24.1 Å². The van der Waals surface area contributed by atoms with E-state index >= 15 is 0 Å². The van der Waals surface area contributed by atoms with E-state index < -0.39 is 5.97 Å². The number of carboxylic acids is 1. The predicted molar refractivity (Wildman–Crippen MR) is 73.9 cm³/mol. The highest BCUT2D eigenvalue weighted by Gasteiger charge is 2.23. The van der Waals surface area contributed by atoms with Crippen LogP contribution in [0.25, 0.3) is 0 Å². The van der Waals surface area contributed by atoms with E-state index in [9.17, 15) is 4.79 Å². The van der Waals surface area contributed by atoms with Gasteiger partial charge in [-0.2, -0.15) is 0 Å². The average Bonchev–Trinajstić information content (AvgIpc) is 2.10. The predicted octanol–water partition coefficient (Wildman–Crippen LogP) is 2.81. The molecular weight excluding hydrogens is 230 g/mol. The molecule has 1 unspecified atom stereocenters. The van der Waals surface area contributed by atoms with E-state index in [-0.39, 0.29) is 23.6 Å². The van der Waals surface area contributed by atoms with Crippen LogP contribution in [0.15, 0.2) is 0 Å². The maximum atomic E-state index is 10.4. The standard InChI is InChI=1S/C14H29NO3/c1-11(7-8-12(16)17)18-10-9-14(5,6)15-13(2,3)4/h11,15H,7-10H2,1-6H3,(H,16,17). The third-order valence-electron chi connectivity index (χ3n) is 2.61. The van der Waals surface area contributed by atoms with Gasteiger partial charge in [-0.25, -0.2) is 0 Å². The molecule has 0 heterocycles. The quantitative estimate of drug-likeness (QED) is 0.703. The summed E-state index contributed by atoms with van der Waals surface area (Å²) >= 11 is 0. The Balaban J connectivity index is 3.85. The Bertz CT molecular complexity index is 256. The molecule has 0 aliphatic carbocycles. The summed E-state index contributed by atoms with van der Waals surface area (Å²) in [7, 11) is 0. The first-order valence-corrected chi connectivity index (χ1v) is 6.64. The molecule has 4 nitrogen and oxygen atoms in total. The molecule has 2 N–H and O–H groups in total. The van der Waals surface area contributed by atoms with Crippen LogP contribution in [0, 0.1) is 0 Å². The van der Waals surface area contributed by atoms with Gasteiger partial charge in [-0.15, -0.1) is 0 Å². The Morgan fingerprint density at radius 3 is 2.28 bits per heavy atom. The van der Waals surface area contributed by atoms with Gasteiger partial charge in [0.05, 0.1) is 6.10 Å². The molecule has 0 fully saturated rings. The molecule has 0 spiro atoms. The average molecular weight is 259 g/mol. The second-order valence-electron chi connectivity index (χ2n) is 6.62. The lowest BCUT2D eigenvalue weighted by Crippen LogP contribution is -2.50. The van der Waals surface area contributed by atoms with E-state index in [0.29, 0.717) is 13.0 Å². The molecular formula is C14H29NO3. The molecule has 0 aliphatic rings. The summed E-state index contributed by atoms with van der Waals surface area (Å²) in [6.07, 6.45) is 1.65. The molecule has 0 aromatic heterocycles. The zero-order valence-corrected chi connectivity index (χ0v) is 12.7. The molecule has 0 saturated heterocycles. The van der Waals surface area contributed by atoms with Gasteiger partial charge in [-0.1, -0.05) is 0 Å². The van der Waals surface area contributed by atoms with Crippen molar-refractivity contribution in [3.63, 3.8) is 0 Å². The Hall–Kier alpha value is -0.610. The number of aliphatic carboxylic acids is 1. The van der Waals surface area contributed by atoms with Crippen molar-refractivity contribution in [3.05, 3.63) is 0 Å². The van der Waals surface area contributed by atoms with E-state index in [1.165, 1.54) is 0 Å². The van der Waals surface area contributed by atoms with Crippen LogP contribution in [0.5, 0.6) is 0 Å². The van der Waals surface area contributed by atoms with E-state index in [2.05, 4.69) is 39.9 Å². The molecule has 0 rings (SSSR count). The van der Waals surface area contributed by atoms with Gasteiger partial charge in [0.25, 0.3) is 0 Å². The van der Waals surface area contributed by atoms with Crippen molar-refractivity contribution in [2.75, 3.05) is 6.61 Å². The van der Waals surface area contributed by atoms with Gasteiger partial charge < -0.3 is 15.2 Å². The summed E-state index contributed by atoms with van der Waals surface area (Å²) in [5.41, 5.74) is 0.100. The summed E-state index contributed by atoms with van der Waals surface area (Å²) in [4.78, 5) is 10.4. The van der Waals surface area contributed by atoms with Crippen molar-refractivity contribution >= 4 is 5.97 Å². The van der Waals surface area contributed by atoms with Crippen molar-refractivity contribution in [2.24, 2.45) is 0 Å². The molecule has 0 aliphatic heterocycles. The molecule has 0 bridgehead atoms. The molecule has 0 radical (unpaired) electrons. The molecule has 0 aromatic rings. The second kappa shape index (κ2) is 7.10. The number of hydrogen-bond donors (Lipinski definition) is 2. The Kier molecular flexibility index (Phi) is 6.86. The minimum Gasteiger partial charge on any atom is -0.481 e. The van der Waals surface area contributed by atoms with Crippen molar-refractivity contribution in [2.45, 2.75) is 78.0 Å². The molecule has 18 heavy (non-hydrogen) atoms. The van der Waals surface area contributed by atoms with Gasteiger partial charge >= 0.3 is 5.97 Å². The zero-order valence-electron chi connectivity index (χ0n) is 12.7. The van der Waals surface area contributed by atoms with Crippen LogP contribution in [0.3, 0.4) is 0 Å². The van der Waals surface area contributed by atoms with Crippen molar-refractivity contribution in [1.82, 2.24) is 5.32 Å². The van der Waals surface area contributed by atoms with E-state index in [1.807, 2.05) is 6.92 Å². The van der Waals surface area contributed by atoms with Crippen LogP contribution in [-0.2, 0) is 9.53 Å². The topological polar surface area (TPSA) is 58.6 Å². The van der Waals surface area contributed by atoms with Gasteiger partial charge in [0.2, 0.25) is 0 Å². The second-order valence-corrected chi connectivity index (χ2v) is 6.62. The number of ether oxygens (including phenoxy) is 1. The van der Waals surface area contributed by atoms with E-state index in [4.69, 9.17) is 9.84 Å².